The van der Waals surface area contributed by atoms with Gasteiger partial charge in [0.05, 0.1) is 30.6 Å². The summed E-state index contributed by atoms with van der Waals surface area (Å²) in [5, 5.41) is 0. The van der Waals surface area contributed by atoms with Crippen molar-refractivity contribution < 1.29 is 9.53 Å². The lowest BCUT2D eigenvalue weighted by molar-refractivity contribution is -0.0249. The molecular weight excluding hydrogens is 268 g/mol. The molecule has 2 aromatic heterocycles. The Morgan fingerprint density at radius 2 is 2.19 bits per heavy atom. The van der Waals surface area contributed by atoms with Crippen molar-refractivity contribution in [2.45, 2.75) is 13.0 Å². The van der Waals surface area contributed by atoms with E-state index in [1.807, 2.05) is 13.0 Å². The van der Waals surface area contributed by atoms with E-state index in [2.05, 4.69) is 15.0 Å². The second kappa shape index (κ2) is 5.97. The molecule has 0 saturated carbocycles. The van der Waals surface area contributed by atoms with Gasteiger partial charge >= 0.3 is 0 Å². The molecule has 2 aromatic rings. The van der Waals surface area contributed by atoms with Gasteiger partial charge in [0.2, 0.25) is 0 Å². The maximum absolute atomic E-state index is 12.5. The summed E-state index contributed by atoms with van der Waals surface area (Å²) in [5.74, 6) is -0.0281. The molecule has 1 atom stereocenters. The van der Waals surface area contributed by atoms with Crippen molar-refractivity contribution in [3.05, 3.63) is 53.9 Å². The smallest absolute Gasteiger partial charge is 0.255 e. The van der Waals surface area contributed by atoms with E-state index < -0.39 is 0 Å². The highest BCUT2D eigenvalue weighted by atomic mass is 16.5. The van der Waals surface area contributed by atoms with Crippen molar-refractivity contribution in [3.8, 4) is 0 Å². The lowest BCUT2D eigenvalue weighted by atomic mass is 10.1. The molecule has 3 heterocycles. The molecule has 0 N–H and O–H groups in total. The summed E-state index contributed by atoms with van der Waals surface area (Å²) in [5.41, 5.74) is 2.24. The van der Waals surface area contributed by atoms with Crippen LogP contribution in [0.3, 0.4) is 0 Å². The first-order chi connectivity index (χ1) is 10.2. The molecule has 1 aliphatic rings. The van der Waals surface area contributed by atoms with Crippen molar-refractivity contribution in [1.29, 1.82) is 0 Å². The van der Waals surface area contributed by atoms with Gasteiger partial charge in [0.1, 0.15) is 6.10 Å². The minimum atomic E-state index is -0.227. The Balaban J connectivity index is 1.74. The number of hydrogen-bond acceptors (Lipinski definition) is 5. The Kier molecular flexibility index (Phi) is 3.87. The zero-order valence-electron chi connectivity index (χ0n) is 11.8. The molecule has 0 bridgehead atoms. The molecule has 0 radical (unpaired) electrons. The van der Waals surface area contributed by atoms with Crippen LogP contribution in [0.5, 0.6) is 0 Å². The van der Waals surface area contributed by atoms with Crippen molar-refractivity contribution in [2.75, 3.05) is 19.7 Å². The molecule has 6 nitrogen and oxygen atoms in total. The fraction of sp³-hybridized carbons (Fsp3) is 0.333. The molecule has 0 aromatic carbocycles. The first-order valence-electron chi connectivity index (χ1n) is 6.83. The van der Waals surface area contributed by atoms with Crippen LogP contribution in [0.25, 0.3) is 0 Å². The van der Waals surface area contributed by atoms with Gasteiger partial charge in [0.15, 0.2) is 0 Å². The van der Waals surface area contributed by atoms with Crippen molar-refractivity contribution in [2.24, 2.45) is 0 Å². The van der Waals surface area contributed by atoms with Gasteiger partial charge in [0, 0.05) is 30.8 Å². The van der Waals surface area contributed by atoms with Gasteiger partial charge in [-0.05, 0) is 19.1 Å². The molecule has 0 aliphatic carbocycles. The number of pyridine rings is 1. The Hall–Kier alpha value is -2.34. The van der Waals surface area contributed by atoms with Crippen LogP contribution < -0.4 is 0 Å². The van der Waals surface area contributed by atoms with Gasteiger partial charge in [-0.25, -0.2) is 0 Å². The number of aryl methyl sites for hydroxylation is 1. The van der Waals surface area contributed by atoms with Crippen LogP contribution in [0.2, 0.25) is 0 Å². The Morgan fingerprint density at radius 3 is 2.90 bits per heavy atom. The summed E-state index contributed by atoms with van der Waals surface area (Å²) >= 11 is 0. The van der Waals surface area contributed by atoms with Gasteiger partial charge in [-0.2, -0.15) is 0 Å². The maximum Gasteiger partial charge on any atom is 0.255 e. The number of ether oxygens (including phenoxy) is 1. The number of carbonyl (C=O) groups is 1. The van der Waals surface area contributed by atoms with Gasteiger partial charge in [-0.1, -0.05) is 0 Å². The van der Waals surface area contributed by atoms with Crippen molar-refractivity contribution in [3.63, 3.8) is 0 Å². The number of morpholine rings is 1. The van der Waals surface area contributed by atoms with Gasteiger partial charge in [0.25, 0.3) is 5.91 Å². The first kappa shape index (κ1) is 13.6. The fourth-order valence-corrected chi connectivity index (χ4v) is 2.27. The summed E-state index contributed by atoms with van der Waals surface area (Å²) in [6, 6.07) is 3.64. The second-order valence-electron chi connectivity index (χ2n) is 4.93. The second-order valence-corrected chi connectivity index (χ2v) is 4.93. The third-order valence-electron chi connectivity index (χ3n) is 3.43. The molecule has 0 spiro atoms. The van der Waals surface area contributed by atoms with E-state index in [9.17, 15) is 4.79 Å². The minimum Gasteiger partial charge on any atom is -0.368 e. The van der Waals surface area contributed by atoms with Crippen molar-refractivity contribution >= 4 is 5.91 Å². The highest BCUT2D eigenvalue weighted by molar-refractivity contribution is 5.94. The molecule has 1 amide bonds. The molecule has 3 rings (SSSR count). The molecular formula is C15H16N4O2. The molecule has 1 aliphatic heterocycles. The quantitative estimate of drug-likeness (QED) is 0.833. The lowest BCUT2D eigenvalue weighted by Gasteiger charge is -2.32. The Morgan fingerprint density at radius 1 is 1.29 bits per heavy atom. The highest BCUT2D eigenvalue weighted by Gasteiger charge is 2.27. The number of amides is 1. The third kappa shape index (κ3) is 3.05. The van der Waals surface area contributed by atoms with Gasteiger partial charge in [-0.15, -0.1) is 0 Å². The van der Waals surface area contributed by atoms with E-state index in [1.165, 1.54) is 0 Å². The van der Waals surface area contributed by atoms with Crippen LogP contribution in [-0.4, -0.2) is 45.5 Å². The van der Waals surface area contributed by atoms with Crippen molar-refractivity contribution in [1.82, 2.24) is 19.9 Å². The normalized spacial score (nSPS) is 18.5. The van der Waals surface area contributed by atoms with Crippen LogP contribution in [0.1, 0.15) is 27.8 Å². The van der Waals surface area contributed by atoms with Gasteiger partial charge < -0.3 is 9.64 Å². The summed E-state index contributed by atoms with van der Waals surface area (Å²) in [6.45, 7) is 3.44. The SMILES string of the molecule is Cc1ccc(C(=O)N2CCOC(c3cnccn3)C2)cn1. The highest BCUT2D eigenvalue weighted by Crippen LogP contribution is 2.20. The van der Waals surface area contributed by atoms with Crippen LogP contribution in [-0.2, 0) is 4.74 Å². The monoisotopic (exact) mass is 284 g/mol. The van der Waals surface area contributed by atoms with E-state index in [0.717, 1.165) is 11.4 Å². The number of rotatable bonds is 2. The largest absolute Gasteiger partial charge is 0.368 e. The summed E-state index contributed by atoms with van der Waals surface area (Å²) in [6.07, 6.45) is 6.31. The van der Waals surface area contributed by atoms with Crippen LogP contribution in [0.4, 0.5) is 0 Å². The zero-order valence-corrected chi connectivity index (χ0v) is 11.8. The average Bonchev–Trinajstić information content (AvgIpc) is 2.56. The summed E-state index contributed by atoms with van der Waals surface area (Å²) in [4.78, 5) is 26.7. The minimum absolute atomic E-state index is 0.0281. The average molecular weight is 284 g/mol. The molecule has 1 fully saturated rings. The third-order valence-corrected chi connectivity index (χ3v) is 3.43. The first-order valence-corrected chi connectivity index (χ1v) is 6.83. The van der Waals surface area contributed by atoms with Gasteiger partial charge in [-0.3, -0.25) is 19.7 Å². The van der Waals surface area contributed by atoms with E-state index >= 15 is 0 Å². The predicted molar refractivity (Wildman–Crippen MR) is 75.6 cm³/mol. The number of nitrogens with zero attached hydrogens (tertiary/aromatic N) is 4. The summed E-state index contributed by atoms with van der Waals surface area (Å²) in [7, 11) is 0. The fourth-order valence-electron chi connectivity index (χ4n) is 2.27. The van der Waals surface area contributed by atoms with Crippen LogP contribution in [0, 0.1) is 6.92 Å². The predicted octanol–water partition coefficient (Wildman–Crippen LogP) is 1.39. The topological polar surface area (TPSA) is 68.2 Å². The maximum atomic E-state index is 12.5. The molecule has 108 valence electrons. The number of carbonyl (C=O) groups excluding carboxylic acids is 1. The molecule has 21 heavy (non-hydrogen) atoms. The zero-order chi connectivity index (χ0) is 14.7. The lowest BCUT2D eigenvalue weighted by Crippen LogP contribution is -2.42. The Bertz CT molecular complexity index is 615. The molecule has 6 heteroatoms. The molecule has 1 unspecified atom stereocenters. The Labute approximate surface area is 122 Å². The van der Waals surface area contributed by atoms with E-state index in [4.69, 9.17) is 4.74 Å². The van der Waals surface area contributed by atoms with Crippen LogP contribution in [0.15, 0.2) is 36.9 Å². The summed E-state index contributed by atoms with van der Waals surface area (Å²) < 4.78 is 5.69. The van der Waals surface area contributed by atoms with Crippen LogP contribution >= 0.6 is 0 Å². The van der Waals surface area contributed by atoms with E-state index in [0.29, 0.717) is 25.3 Å². The number of hydrogen-bond donors (Lipinski definition) is 0. The van der Waals surface area contributed by atoms with E-state index in [1.54, 1.807) is 35.8 Å². The van der Waals surface area contributed by atoms with E-state index in [-0.39, 0.29) is 12.0 Å². The standard InChI is InChI=1S/C15H16N4O2/c1-11-2-3-12(8-18-11)15(20)19-6-7-21-14(10-19)13-9-16-4-5-17-13/h2-5,8-9,14H,6-7,10H2,1H3. The molecule has 1 saturated heterocycles. The number of aromatic nitrogens is 3.